The number of aromatic nitrogens is 2. The second-order valence-corrected chi connectivity index (χ2v) is 7.37. The lowest BCUT2D eigenvalue weighted by atomic mass is 10.2. The van der Waals surface area contributed by atoms with Gasteiger partial charge in [-0.05, 0) is 5.56 Å². The molecule has 0 fully saturated rings. The molecule has 0 aliphatic carbocycles. The van der Waals surface area contributed by atoms with Gasteiger partial charge in [-0.1, -0.05) is 30.3 Å². The van der Waals surface area contributed by atoms with Crippen molar-refractivity contribution < 1.29 is 13.2 Å². The second kappa shape index (κ2) is 5.60. The van der Waals surface area contributed by atoms with Crippen LogP contribution < -0.4 is 10.3 Å². The summed E-state index contributed by atoms with van der Waals surface area (Å²) in [6, 6.07) is 9.17. The highest BCUT2D eigenvalue weighted by Gasteiger charge is 2.19. The number of thiazole rings is 1. The monoisotopic (exact) mass is 349 g/mol. The van der Waals surface area contributed by atoms with Gasteiger partial charge in [-0.3, -0.25) is 14.0 Å². The summed E-state index contributed by atoms with van der Waals surface area (Å²) in [4.78, 5) is 29.0. The molecular weight excluding hydrogens is 338 g/mol. The number of carbonyl (C=O) groups excluding carboxylic acids is 1. The lowest BCUT2D eigenvalue weighted by Gasteiger charge is -2.04. The molecule has 0 unspecified atom stereocenters. The molecule has 1 amide bonds. The first-order valence-corrected chi connectivity index (χ1v) is 9.21. The van der Waals surface area contributed by atoms with Crippen LogP contribution in [-0.2, 0) is 10.0 Å². The Labute approximate surface area is 135 Å². The zero-order valence-electron chi connectivity index (χ0n) is 11.9. The predicted molar refractivity (Wildman–Crippen MR) is 87.1 cm³/mol. The minimum atomic E-state index is -3.76. The minimum absolute atomic E-state index is 0.330. The molecule has 0 aliphatic heterocycles. The van der Waals surface area contributed by atoms with Gasteiger partial charge in [-0.2, -0.15) is 0 Å². The number of fused-ring (bicyclic) bond motifs is 1. The molecule has 1 aromatic carbocycles. The molecule has 0 radical (unpaired) electrons. The van der Waals surface area contributed by atoms with E-state index in [1.807, 2.05) is 30.3 Å². The molecule has 23 heavy (non-hydrogen) atoms. The number of amides is 1. The molecule has 0 spiro atoms. The van der Waals surface area contributed by atoms with Crippen LogP contribution in [0.1, 0.15) is 10.4 Å². The summed E-state index contributed by atoms with van der Waals surface area (Å²) in [5.74, 6) is -0.996. The van der Waals surface area contributed by atoms with E-state index >= 15 is 0 Å². The van der Waals surface area contributed by atoms with Crippen molar-refractivity contribution in [3.63, 3.8) is 0 Å². The van der Waals surface area contributed by atoms with Crippen molar-refractivity contribution in [2.45, 2.75) is 0 Å². The van der Waals surface area contributed by atoms with Crippen molar-refractivity contribution in [2.75, 3.05) is 6.26 Å². The fourth-order valence-corrected chi connectivity index (χ4v) is 3.39. The van der Waals surface area contributed by atoms with Crippen molar-refractivity contribution in [3.05, 3.63) is 57.8 Å². The molecule has 118 valence electrons. The average molecular weight is 349 g/mol. The fraction of sp³-hybridized carbons (Fsp3) is 0.0714. The Bertz CT molecular complexity index is 1050. The Kier molecular flexibility index (Phi) is 3.74. The van der Waals surface area contributed by atoms with Gasteiger partial charge in [0.1, 0.15) is 5.56 Å². The number of rotatable bonds is 3. The first-order valence-electron chi connectivity index (χ1n) is 6.43. The number of nitrogens with zero attached hydrogens (tertiary/aromatic N) is 2. The zero-order valence-corrected chi connectivity index (χ0v) is 13.5. The Morgan fingerprint density at radius 1 is 1.26 bits per heavy atom. The lowest BCUT2D eigenvalue weighted by Crippen LogP contribution is -2.34. The summed E-state index contributed by atoms with van der Waals surface area (Å²) >= 11 is 1.26. The van der Waals surface area contributed by atoms with Crippen LogP contribution in [0.15, 0.2) is 46.7 Å². The van der Waals surface area contributed by atoms with Crippen LogP contribution in [0, 0.1) is 0 Å². The Balaban J connectivity index is 2.19. The summed E-state index contributed by atoms with van der Waals surface area (Å²) in [5, 5.41) is 1.76. The van der Waals surface area contributed by atoms with E-state index in [9.17, 15) is 18.0 Å². The summed E-state index contributed by atoms with van der Waals surface area (Å²) in [6.45, 7) is 0. The van der Waals surface area contributed by atoms with Gasteiger partial charge in [0.15, 0.2) is 4.96 Å². The van der Waals surface area contributed by atoms with Crippen LogP contribution in [-0.4, -0.2) is 30.0 Å². The van der Waals surface area contributed by atoms with Gasteiger partial charge >= 0.3 is 0 Å². The summed E-state index contributed by atoms with van der Waals surface area (Å²) in [5.41, 5.74) is 0.445. The number of hydrogen-bond donors (Lipinski definition) is 1. The van der Waals surface area contributed by atoms with Gasteiger partial charge in [0.2, 0.25) is 10.0 Å². The Morgan fingerprint density at radius 2 is 1.96 bits per heavy atom. The first-order chi connectivity index (χ1) is 10.9. The number of carbonyl (C=O) groups is 1. The third-order valence-electron chi connectivity index (χ3n) is 3.04. The highest BCUT2D eigenvalue weighted by atomic mass is 32.2. The normalized spacial score (nSPS) is 11.5. The van der Waals surface area contributed by atoms with Crippen molar-refractivity contribution in [2.24, 2.45) is 0 Å². The van der Waals surface area contributed by atoms with Crippen LogP contribution in [0.2, 0.25) is 0 Å². The van der Waals surface area contributed by atoms with Crippen LogP contribution in [0.3, 0.4) is 0 Å². The maximum atomic E-state index is 12.6. The van der Waals surface area contributed by atoms with Crippen molar-refractivity contribution in [3.8, 4) is 11.3 Å². The van der Waals surface area contributed by atoms with Crippen molar-refractivity contribution >= 4 is 32.2 Å². The molecule has 9 heteroatoms. The first kappa shape index (κ1) is 15.4. The largest absolute Gasteiger partial charge is 0.271 e. The molecule has 0 aliphatic rings. The minimum Gasteiger partial charge on any atom is -0.268 e. The summed E-state index contributed by atoms with van der Waals surface area (Å²) in [7, 11) is -3.76. The van der Waals surface area contributed by atoms with E-state index in [0.717, 1.165) is 18.0 Å². The van der Waals surface area contributed by atoms with Gasteiger partial charge in [-0.25, -0.2) is 18.1 Å². The maximum absolute atomic E-state index is 12.6. The van der Waals surface area contributed by atoms with E-state index in [1.54, 1.807) is 10.1 Å². The summed E-state index contributed by atoms with van der Waals surface area (Å²) < 4.78 is 25.4. The molecule has 3 rings (SSSR count). The third-order valence-corrected chi connectivity index (χ3v) is 4.43. The third kappa shape index (κ3) is 3.01. The van der Waals surface area contributed by atoms with E-state index in [1.165, 1.54) is 15.7 Å². The van der Waals surface area contributed by atoms with Gasteiger partial charge in [0.05, 0.1) is 11.9 Å². The molecule has 2 heterocycles. The second-order valence-electron chi connectivity index (χ2n) is 4.79. The van der Waals surface area contributed by atoms with Gasteiger partial charge in [-0.15, -0.1) is 11.3 Å². The SMILES string of the molecule is CS(=O)(=O)NC(=O)c1cnc2scc(-c3ccccc3)n2c1=O. The highest BCUT2D eigenvalue weighted by Crippen LogP contribution is 2.23. The molecule has 0 saturated heterocycles. The molecule has 2 aromatic heterocycles. The van der Waals surface area contributed by atoms with Crippen LogP contribution >= 0.6 is 11.3 Å². The van der Waals surface area contributed by atoms with Crippen molar-refractivity contribution in [1.29, 1.82) is 0 Å². The average Bonchev–Trinajstić information content (AvgIpc) is 2.91. The van der Waals surface area contributed by atoms with Crippen LogP contribution in [0.4, 0.5) is 0 Å². The van der Waals surface area contributed by atoms with Crippen molar-refractivity contribution in [1.82, 2.24) is 14.1 Å². The predicted octanol–water partition coefficient (Wildman–Crippen LogP) is 1.11. The van der Waals surface area contributed by atoms with Gasteiger partial charge in [0.25, 0.3) is 11.5 Å². The van der Waals surface area contributed by atoms with Gasteiger partial charge < -0.3 is 0 Å². The maximum Gasteiger partial charge on any atom is 0.271 e. The van der Waals surface area contributed by atoms with E-state index in [2.05, 4.69) is 4.98 Å². The molecule has 0 bridgehead atoms. The highest BCUT2D eigenvalue weighted by molar-refractivity contribution is 7.89. The molecule has 7 nitrogen and oxygen atoms in total. The number of nitrogens with one attached hydrogen (secondary N) is 1. The van der Waals surface area contributed by atoms with Gasteiger partial charge in [0, 0.05) is 11.6 Å². The number of sulfonamides is 1. The quantitative estimate of drug-likeness (QED) is 0.764. The summed E-state index contributed by atoms with van der Waals surface area (Å²) in [6.07, 6.45) is 1.93. The number of benzene rings is 1. The molecule has 3 aromatic rings. The lowest BCUT2D eigenvalue weighted by molar-refractivity contribution is 0.0979. The number of hydrogen-bond acceptors (Lipinski definition) is 6. The van der Waals surface area contributed by atoms with E-state index in [0.29, 0.717) is 10.7 Å². The van der Waals surface area contributed by atoms with Crippen LogP contribution in [0.25, 0.3) is 16.2 Å². The van der Waals surface area contributed by atoms with Crippen LogP contribution in [0.5, 0.6) is 0 Å². The molecule has 1 N–H and O–H groups in total. The molecular formula is C14H11N3O4S2. The smallest absolute Gasteiger partial charge is 0.268 e. The zero-order chi connectivity index (χ0) is 16.6. The Morgan fingerprint density at radius 3 is 2.61 bits per heavy atom. The van der Waals surface area contributed by atoms with E-state index < -0.39 is 21.5 Å². The topological polar surface area (TPSA) is 97.6 Å². The standard InChI is InChI=1S/C14H11N3O4S2/c1-23(20,21)16-12(18)10-7-15-14-17(13(10)19)11(8-22-14)9-5-3-2-4-6-9/h2-8H,1H3,(H,16,18). The molecule has 0 saturated carbocycles. The Hall–Kier alpha value is -2.52. The fourth-order valence-electron chi connectivity index (χ4n) is 2.08. The van der Waals surface area contributed by atoms with E-state index in [-0.39, 0.29) is 5.56 Å². The molecule has 0 atom stereocenters. The van der Waals surface area contributed by atoms with E-state index in [4.69, 9.17) is 0 Å².